The molecule has 24 heavy (non-hydrogen) atoms. The van der Waals surface area contributed by atoms with Gasteiger partial charge in [-0.05, 0) is 37.3 Å². The molecule has 0 aliphatic rings. The van der Waals surface area contributed by atoms with Gasteiger partial charge in [-0.15, -0.1) is 0 Å². The van der Waals surface area contributed by atoms with E-state index < -0.39 is 11.7 Å². The number of hydrogen-bond acceptors (Lipinski definition) is 3. The summed E-state index contributed by atoms with van der Waals surface area (Å²) >= 11 is 5.92. The lowest BCUT2D eigenvalue weighted by molar-refractivity contribution is 0.102. The van der Waals surface area contributed by atoms with Crippen molar-refractivity contribution in [3.8, 4) is 11.3 Å². The second-order valence-electron chi connectivity index (χ2n) is 5.12. The first kappa shape index (κ1) is 16.1. The van der Waals surface area contributed by atoms with E-state index in [4.69, 9.17) is 11.6 Å². The van der Waals surface area contributed by atoms with Crippen LogP contribution in [0.15, 0.2) is 54.7 Å². The molecule has 1 aromatic heterocycles. The summed E-state index contributed by atoms with van der Waals surface area (Å²) in [6.45, 7) is 1.80. The van der Waals surface area contributed by atoms with Gasteiger partial charge in [-0.3, -0.25) is 4.79 Å². The van der Waals surface area contributed by atoms with Crippen LogP contribution in [0.25, 0.3) is 11.3 Å². The summed E-state index contributed by atoms with van der Waals surface area (Å²) in [7, 11) is 0. The summed E-state index contributed by atoms with van der Waals surface area (Å²) in [4.78, 5) is 20.7. The van der Waals surface area contributed by atoms with Crippen molar-refractivity contribution < 1.29 is 9.18 Å². The van der Waals surface area contributed by atoms with Crippen LogP contribution in [0.4, 0.5) is 10.1 Å². The maximum atomic E-state index is 13.8. The van der Waals surface area contributed by atoms with E-state index in [2.05, 4.69) is 15.3 Å². The molecule has 1 amide bonds. The van der Waals surface area contributed by atoms with Gasteiger partial charge in [0.15, 0.2) is 0 Å². The molecule has 0 spiro atoms. The van der Waals surface area contributed by atoms with E-state index in [1.165, 1.54) is 18.2 Å². The number of aryl methyl sites for hydroxylation is 1. The zero-order valence-corrected chi connectivity index (χ0v) is 13.5. The minimum absolute atomic E-state index is 0.0649. The standard InChI is InChI=1S/C18H13ClFN3O/c1-11-21-9-8-16(22-11)12-4-2-5-13(10-12)23-18(24)17-14(19)6-3-7-15(17)20/h2-10H,1H3,(H,23,24). The van der Waals surface area contributed by atoms with Gasteiger partial charge in [0, 0.05) is 17.4 Å². The maximum absolute atomic E-state index is 13.8. The van der Waals surface area contributed by atoms with Crippen molar-refractivity contribution in [1.29, 1.82) is 0 Å². The van der Waals surface area contributed by atoms with Crippen LogP contribution in [-0.4, -0.2) is 15.9 Å². The Kier molecular flexibility index (Phi) is 4.53. The van der Waals surface area contributed by atoms with Crippen molar-refractivity contribution in [2.75, 3.05) is 5.32 Å². The topological polar surface area (TPSA) is 54.9 Å². The molecular weight excluding hydrogens is 329 g/mol. The smallest absolute Gasteiger partial charge is 0.260 e. The first-order valence-electron chi connectivity index (χ1n) is 7.20. The first-order valence-corrected chi connectivity index (χ1v) is 7.58. The molecule has 2 aromatic carbocycles. The number of anilines is 1. The molecule has 3 rings (SSSR count). The third-order valence-electron chi connectivity index (χ3n) is 3.38. The van der Waals surface area contributed by atoms with Crippen LogP contribution in [0.2, 0.25) is 5.02 Å². The van der Waals surface area contributed by atoms with Crippen molar-refractivity contribution in [1.82, 2.24) is 9.97 Å². The van der Waals surface area contributed by atoms with Crippen LogP contribution in [-0.2, 0) is 0 Å². The van der Waals surface area contributed by atoms with Crippen LogP contribution in [0, 0.1) is 12.7 Å². The highest BCUT2D eigenvalue weighted by molar-refractivity contribution is 6.34. The molecule has 4 nitrogen and oxygen atoms in total. The minimum atomic E-state index is -0.664. The van der Waals surface area contributed by atoms with Gasteiger partial charge in [-0.2, -0.15) is 0 Å². The summed E-state index contributed by atoms with van der Waals surface area (Å²) in [5.74, 6) is -0.614. The van der Waals surface area contributed by atoms with Gasteiger partial charge in [0.1, 0.15) is 11.6 Å². The summed E-state index contributed by atoms with van der Waals surface area (Å²) in [6.07, 6.45) is 1.67. The van der Waals surface area contributed by atoms with E-state index in [0.717, 1.165) is 11.3 Å². The summed E-state index contributed by atoms with van der Waals surface area (Å²) in [5.41, 5.74) is 1.90. The highest BCUT2D eigenvalue weighted by atomic mass is 35.5. The number of amides is 1. The van der Waals surface area contributed by atoms with Gasteiger partial charge in [-0.1, -0.05) is 29.8 Å². The molecule has 3 aromatic rings. The largest absolute Gasteiger partial charge is 0.322 e. The maximum Gasteiger partial charge on any atom is 0.260 e. The Morgan fingerprint density at radius 3 is 2.71 bits per heavy atom. The second kappa shape index (κ2) is 6.76. The Labute approximate surface area is 143 Å². The number of nitrogens with one attached hydrogen (secondary N) is 1. The lowest BCUT2D eigenvalue weighted by Gasteiger charge is -2.09. The summed E-state index contributed by atoms with van der Waals surface area (Å²) < 4.78 is 13.8. The number of benzene rings is 2. The van der Waals surface area contributed by atoms with Crippen LogP contribution in [0.1, 0.15) is 16.2 Å². The lowest BCUT2D eigenvalue weighted by atomic mass is 10.1. The summed E-state index contributed by atoms with van der Waals surface area (Å²) in [5, 5.41) is 2.72. The quantitative estimate of drug-likeness (QED) is 0.763. The molecule has 1 N–H and O–H groups in total. The zero-order valence-electron chi connectivity index (χ0n) is 12.8. The third-order valence-corrected chi connectivity index (χ3v) is 3.70. The van der Waals surface area contributed by atoms with Gasteiger partial charge < -0.3 is 5.32 Å². The number of rotatable bonds is 3. The van der Waals surface area contributed by atoms with Crippen LogP contribution < -0.4 is 5.32 Å². The molecular formula is C18H13ClFN3O. The number of carbonyl (C=O) groups excluding carboxylic acids is 1. The predicted molar refractivity (Wildman–Crippen MR) is 91.6 cm³/mol. The molecule has 0 bridgehead atoms. The van der Waals surface area contributed by atoms with Gasteiger partial charge in [0.05, 0.1) is 16.3 Å². The van der Waals surface area contributed by atoms with E-state index in [1.807, 2.05) is 6.07 Å². The molecule has 0 unspecified atom stereocenters. The molecule has 0 aliphatic carbocycles. The number of halogens is 2. The fourth-order valence-electron chi connectivity index (χ4n) is 2.28. The van der Waals surface area contributed by atoms with E-state index >= 15 is 0 Å². The molecule has 0 saturated carbocycles. The van der Waals surface area contributed by atoms with E-state index in [-0.39, 0.29) is 10.6 Å². The predicted octanol–water partition coefficient (Wildman–Crippen LogP) is 4.50. The van der Waals surface area contributed by atoms with Crippen molar-refractivity contribution in [3.05, 3.63) is 77.0 Å². The Hall–Kier alpha value is -2.79. The minimum Gasteiger partial charge on any atom is -0.322 e. The van der Waals surface area contributed by atoms with Crippen LogP contribution >= 0.6 is 11.6 Å². The number of carbonyl (C=O) groups is 1. The number of aromatic nitrogens is 2. The normalized spacial score (nSPS) is 10.5. The molecule has 0 aliphatic heterocycles. The van der Waals surface area contributed by atoms with E-state index in [9.17, 15) is 9.18 Å². The SMILES string of the molecule is Cc1nccc(-c2cccc(NC(=O)c3c(F)cccc3Cl)c2)n1. The van der Waals surface area contributed by atoms with Crippen molar-refractivity contribution >= 4 is 23.2 Å². The second-order valence-corrected chi connectivity index (χ2v) is 5.53. The van der Waals surface area contributed by atoms with Crippen LogP contribution in [0.3, 0.4) is 0 Å². The Morgan fingerprint density at radius 1 is 1.17 bits per heavy atom. The van der Waals surface area contributed by atoms with Gasteiger partial charge in [0.2, 0.25) is 0 Å². The molecule has 0 saturated heterocycles. The molecule has 6 heteroatoms. The zero-order chi connectivity index (χ0) is 17.1. The molecule has 0 fully saturated rings. The highest BCUT2D eigenvalue weighted by Crippen LogP contribution is 2.23. The number of nitrogens with zero attached hydrogens (tertiary/aromatic N) is 2. The van der Waals surface area contributed by atoms with Crippen molar-refractivity contribution in [2.45, 2.75) is 6.92 Å². The molecule has 120 valence electrons. The Morgan fingerprint density at radius 2 is 1.96 bits per heavy atom. The third kappa shape index (κ3) is 3.41. The van der Waals surface area contributed by atoms with Gasteiger partial charge in [-0.25, -0.2) is 14.4 Å². The van der Waals surface area contributed by atoms with Gasteiger partial charge >= 0.3 is 0 Å². The fourth-order valence-corrected chi connectivity index (χ4v) is 2.53. The average Bonchev–Trinajstić information content (AvgIpc) is 2.55. The Balaban J connectivity index is 1.89. The fraction of sp³-hybridized carbons (Fsp3) is 0.0556. The van der Waals surface area contributed by atoms with E-state index in [1.54, 1.807) is 37.4 Å². The van der Waals surface area contributed by atoms with Crippen molar-refractivity contribution in [2.24, 2.45) is 0 Å². The monoisotopic (exact) mass is 341 g/mol. The molecule has 1 heterocycles. The average molecular weight is 342 g/mol. The van der Waals surface area contributed by atoms with Crippen molar-refractivity contribution in [3.63, 3.8) is 0 Å². The lowest BCUT2D eigenvalue weighted by Crippen LogP contribution is -2.14. The summed E-state index contributed by atoms with van der Waals surface area (Å²) in [6, 6.07) is 13.0. The molecule has 0 atom stereocenters. The van der Waals surface area contributed by atoms with Gasteiger partial charge in [0.25, 0.3) is 5.91 Å². The first-order chi connectivity index (χ1) is 11.5. The highest BCUT2D eigenvalue weighted by Gasteiger charge is 2.16. The van der Waals surface area contributed by atoms with Crippen LogP contribution in [0.5, 0.6) is 0 Å². The van der Waals surface area contributed by atoms with E-state index in [0.29, 0.717) is 11.5 Å². The number of hydrogen-bond donors (Lipinski definition) is 1. The Bertz CT molecular complexity index is 894. The molecule has 0 radical (unpaired) electrons.